The number of nitrogens with one attached hydrogen (secondary N) is 1. The first-order valence-corrected chi connectivity index (χ1v) is 6.46. The molecule has 0 amide bonds. The van der Waals surface area contributed by atoms with Crippen molar-refractivity contribution in [3.8, 4) is 17.2 Å². The predicted molar refractivity (Wildman–Crippen MR) is 73.2 cm³/mol. The quantitative estimate of drug-likeness (QED) is 0.839. The summed E-state index contributed by atoms with van der Waals surface area (Å²) in [6.45, 7) is 2.15. The summed E-state index contributed by atoms with van der Waals surface area (Å²) in [7, 11) is 4.25. The van der Waals surface area contributed by atoms with Crippen molar-refractivity contribution in [3.05, 3.63) is 17.7 Å². The molecule has 1 rings (SSSR count). The molecule has 4 nitrogen and oxygen atoms in total. The largest absolute Gasteiger partial charge is 0.493 e. The van der Waals surface area contributed by atoms with Gasteiger partial charge in [0.05, 0.1) is 27.8 Å². The molecule has 1 aromatic carbocycles. The van der Waals surface area contributed by atoms with E-state index in [1.54, 1.807) is 19.1 Å². The fourth-order valence-corrected chi connectivity index (χ4v) is 2.17. The van der Waals surface area contributed by atoms with Crippen LogP contribution >= 0.6 is 0 Å². The maximum absolute atomic E-state index is 12.7. The van der Waals surface area contributed by atoms with E-state index >= 15 is 0 Å². The fraction of sp³-hybridized carbons (Fsp3) is 0.571. The number of rotatable bonds is 7. The van der Waals surface area contributed by atoms with Crippen molar-refractivity contribution in [2.24, 2.45) is 0 Å². The van der Waals surface area contributed by atoms with E-state index in [9.17, 15) is 13.2 Å². The lowest BCUT2D eigenvalue weighted by atomic mass is 10.0. The van der Waals surface area contributed by atoms with Crippen LogP contribution in [0.2, 0.25) is 0 Å². The molecule has 7 heteroatoms. The highest BCUT2D eigenvalue weighted by atomic mass is 19.4. The van der Waals surface area contributed by atoms with E-state index in [0.29, 0.717) is 17.9 Å². The smallest absolute Gasteiger partial charge is 0.390 e. The van der Waals surface area contributed by atoms with Crippen molar-refractivity contribution >= 4 is 0 Å². The molecular weight excluding hydrogens is 287 g/mol. The lowest BCUT2D eigenvalue weighted by Crippen LogP contribution is -2.27. The Bertz CT molecular complexity index is 464. The van der Waals surface area contributed by atoms with Gasteiger partial charge in [-0.3, -0.25) is 0 Å². The summed E-state index contributed by atoms with van der Waals surface area (Å²) in [6, 6.07) is 2.21. The van der Waals surface area contributed by atoms with Crippen LogP contribution in [0.5, 0.6) is 17.2 Å². The number of methoxy groups -OCH3 is 3. The van der Waals surface area contributed by atoms with Crippen LogP contribution < -0.4 is 19.5 Å². The van der Waals surface area contributed by atoms with Crippen LogP contribution in [0.4, 0.5) is 13.2 Å². The number of hydrogen-bond donors (Lipinski definition) is 1. The Hall–Kier alpha value is -1.63. The van der Waals surface area contributed by atoms with Gasteiger partial charge in [0.25, 0.3) is 0 Å². The van der Waals surface area contributed by atoms with Gasteiger partial charge in [-0.25, -0.2) is 0 Å². The second kappa shape index (κ2) is 7.40. The second-order valence-electron chi connectivity index (χ2n) is 4.35. The Morgan fingerprint density at radius 1 is 1.05 bits per heavy atom. The number of benzene rings is 1. The first-order valence-electron chi connectivity index (χ1n) is 6.46. The van der Waals surface area contributed by atoms with Gasteiger partial charge in [0.1, 0.15) is 0 Å². The summed E-state index contributed by atoms with van der Waals surface area (Å²) in [5, 5.41) is 2.82. The molecule has 1 unspecified atom stereocenters. The number of alkyl halides is 3. The second-order valence-corrected chi connectivity index (χ2v) is 4.35. The zero-order valence-corrected chi connectivity index (χ0v) is 12.5. The molecule has 0 aliphatic carbocycles. The molecule has 1 atom stereocenters. The summed E-state index contributed by atoms with van der Waals surface area (Å²) < 4.78 is 53.8. The van der Waals surface area contributed by atoms with Crippen LogP contribution in [-0.2, 0) is 0 Å². The van der Waals surface area contributed by atoms with Gasteiger partial charge in [0, 0.05) is 11.6 Å². The van der Waals surface area contributed by atoms with E-state index in [4.69, 9.17) is 14.2 Å². The van der Waals surface area contributed by atoms with E-state index in [2.05, 4.69) is 5.32 Å². The van der Waals surface area contributed by atoms with Gasteiger partial charge in [-0.1, -0.05) is 6.92 Å². The van der Waals surface area contributed by atoms with Gasteiger partial charge in [-0.2, -0.15) is 13.2 Å². The van der Waals surface area contributed by atoms with Crippen LogP contribution in [0.1, 0.15) is 24.9 Å². The number of halogens is 3. The Morgan fingerprint density at radius 2 is 1.67 bits per heavy atom. The van der Waals surface area contributed by atoms with Crippen LogP contribution in [-0.4, -0.2) is 34.1 Å². The molecule has 0 saturated carbocycles. The van der Waals surface area contributed by atoms with Gasteiger partial charge < -0.3 is 19.5 Å². The molecule has 0 bridgehead atoms. The molecule has 0 aromatic heterocycles. The lowest BCUT2D eigenvalue weighted by molar-refractivity contribution is -0.140. The average Bonchev–Trinajstić information content (AvgIpc) is 2.43. The molecule has 0 spiro atoms. The minimum atomic E-state index is -4.29. The third-order valence-electron chi connectivity index (χ3n) is 3.00. The summed E-state index contributed by atoms with van der Waals surface area (Å²) in [5.41, 5.74) is 0.384. The topological polar surface area (TPSA) is 39.7 Å². The van der Waals surface area contributed by atoms with Crippen molar-refractivity contribution in [2.45, 2.75) is 25.6 Å². The lowest BCUT2D eigenvalue weighted by Gasteiger charge is -2.24. The zero-order chi connectivity index (χ0) is 16.0. The maximum atomic E-state index is 12.7. The third-order valence-corrected chi connectivity index (χ3v) is 3.00. The summed E-state index contributed by atoms with van der Waals surface area (Å²) >= 11 is 0. The van der Waals surface area contributed by atoms with Gasteiger partial charge in [0.2, 0.25) is 5.75 Å². The van der Waals surface area contributed by atoms with Gasteiger partial charge in [-0.05, 0) is 18.7 Å². The Balaban J connectivity index is 3.30. The van der Waals surface area contributed by atoms with Crippen LogP contribution in [0.25, 0.3) is 0 Å². The average molecular weight is 307 g/mol. The Labute approximate surface area is 122 Å². The number of hydrogen-bond acceptors (Lipinski definition) is 4. The van der Waals surface area contributed by atoms with E-state index < -0.39 is 18.6 Å². The highest BCUT2D eigenvalue weighted by molar-refractivity contribution is 5.56. The Kier molecular flexibility index (Phi) is 6.14. The molecule has 0 fully saturated rings. The van der Waals surface area contributed by atoms with E-state index in [1.807, 2.05) is 0 Å². The van der Waals surface area contributed by atoms with E-state index in [-0.39, 0.29) is 11.5 Å². The molecule has 1 N–H and O–H groups in total. The molecule has 120 valence electrons. The maximum Gasteiger partial charge on any atom is 0.390 e. The summed E-state index contributed by atoms with van der Waals surface area (Å²) in [4.78, 5) is 0. The molecule has 0 saturated heterocycles. The third kappa shape index (κ3) is 4.42. The molecular formula is C14H20F3NO3. The molecule has 0 aliphatic heterocycles. The van der Waals surface area contributed by atoms with Crippen LogP contribution in [0.15, 0.2) is 12.1 Å². The van der Waals surface area contributed by atoms with Crippen LogP contribution in [0.3, 0.4) is 0 Å². The monoisotopic (exact) mass is 307 g/mol. The van der Waals surface area contributed by atoms with Gasteiger partial charge >= 0.3 is 6.18 Å². The first-order chi connectivity index (χ1) is 9.87. The zero-order valence-electron chi connectivity index (χ0n) is 12.5. The highest BCUT2D eigenvalue weighted by Crippen LogP contribution is 2.44. The Morgan fingerprint density at radius 3 is 2.10 bits per heavy atom. The van der Waals surface area contributed by atoms with Crippen molar-refractivity contribution in [3.63, 3.8) is 0 Å². The van der Waals surface area contributed by atoms with Crippen molar-refractivity contribution < 1.29 is 27.4 Å². The standard InChI is InChI=1S/C14H20F3NO3/c1-5-18-10(8-14(15,16)17)9-6-7-11(19-2)13(21-4)12(9)20-3/h6-7,10,18H,5,8H2,1-4H3. The number of ether oxygens (including phenoxy) is 3. The van der Waals surface area contributed by atoms with Crippen LogP contribution in [0, 0.1) is 0 Å². The van der Waals surface area contributed by atoms with E-state index in [1.165, 1.54) is 21.3 Å². The summed E-state index contributed by atoms with van der Waals surface area (Å²) in [6.07, 6.45) is -5.28. The molecule has 21 heavy (non-hydrogen) atoms. The minimum Gasteiger partial charge on any atom is -0.493 e. The summed E-state index contributed by atoms with van der Waals surface area (Å²) in [5.74, 6) is 0.926. The molecule has 0 heterocycles. The van der Waals surface area contributed by atoms with Crippen molar-refractivity contribution in [2.75, 3.05) is 27.9 Å². The fourth-order valence-electron chi connectivity index (χ4n) is 2.17. The predicted octanol–water partition coefficient (Wildman–Crippen LogP) is 3.32. The molecule has 0 radical (unpaired) electrons. The van der Waals surface area contributed by atoms with Crippen molar-refractivity contribution in [1.29, 1.82) is 0 Å². The van der Waals surface area contributed by atoms with Gasteiger partial charge in [0.15, 0.2) is 11.5 Å². The first kappa shape index (κ1) is 17.4. The normalized spacial score (nSPS) is 12.9. The van der Waals surface area contributed by atoms with Crippen molar-refractivity contribution in [1.82, 2.24) is 5.32 Å². The van der Waals surface area contributed by atoms with E-state index in [0.717, 1.165) is 0 Å². The SMILES string of the molecule is CCNC(CC(F)(F)F)c1ccc(OC)c(OC)c1OC. The minimum absolute atomic E-state index is 0.243. The van der Waals surface area contributed by atoms with Gasteiger partial charge in [-0.15, -0.1) is 0 Å². The molecule has 1 aromatic rings. The molecule has 0 aliphatic rings. The highest BCUT2D eigenvalue weighted by Gasteiger charge is 2.34.